The predicted octanol–water partition coefficient (Wildman–Crippen LogP) is 1.75. The zero-order chi connectivity index (χ0) is 15.9. The van der Waals surface area contributed by atoms with Crippen molar-refractivity contribution in [3.05, 3.63) is 41.7 Å². The SMILES string of the molecule is O=S(=O)(c1ccccc1)N1CCC(c2nn3cnnc3s2)CC1. The van der Waals surface area contributed by atoms with Crippen molar-refractivity contribution < 1.29 is 8.42 Å². The van der Waals surface area contributed by atoms with Crippen LogP contribution in [0.5, 0.6) is 0 Å². The van der Waals surface area contributed by atoms with Crippen LogP contribution in [0.4, 0.5) is 0 Å². The Morgan fingerprint density at radius 1 is 1.13 bits per heavy atom. The molecule has 1 aromatic carbocycles. The van der Waals surface area contributed by atoms with Crippen LogP contribution in [0.25, 0.3) is 4.96 Å². The van der Waals surface area contributed by atoms with Crippen molar-refractivity contribution in [2.75, 3.05) is 13.1 Å². The second kappa shape index (κ2) is 5.66. The van der Waals surface area contributed by atoms with Gasteiger partial charge in [-0.1, -0.05) is 29.5 Å². The molecule has 0 atom stereocenters. The summed E-state index contributed by atoms with van der Waals surface area (Å²) in [5, 5.41) is 13.3. The first-order chi connectivity index (χ1) is 11.1. The Bertz CT molecular complexity index is 882. The quantitative estimate of drug-likeness (QED) is 0.720. The van der Waals surface area contributed by atoms with Crippen molar-refractivity contribution in [3.8, 4) is 0 Å². The first kappa shape index (κ1) is 14.7. The van der Waals surface area contributed by atoms with Gasteiger partial charge in [-0.05, 0) is 25.0 Å². The zero-order valence-electron chi connectivity index (χ0n) is 12.2. The van der Waals surface area contributed by atoms with Gasteiger partial charge < -0.3 is 0 Å². The monoisotopic (exact) mass is 349 g/mol. The number of hydrogen-bond donors (Lipinski definition) is 0. The number of nitrogens with zero attached hydrogens (tertiary/aromatic N) is 5. The molecule has 1 fully saturated rings. The molecule has 0 unspecified atom stereocenters. The molecule has 4 rings (SSSR count). The molecule has 2 aromatic heterocycles. The highest BCUT2D eigenvalue weighted by Gasteiger charge is 2.31. The maximum absolute atomic E-state index is 12.6. The van der Waals surface area contributed by atoms with Gasteiger partial charge in [-0.25, -0.2) is 8.42 Å². The lowest BCUT2D eigenvalue weighted by Crippen LogP contribution is -2.37. The van der Waals surface area contributed by atoms with Crippen LogP contribution in [0.1, 0.15) is 23.8 Å². The first-order valence-corrected chi connectivity index (χ1v) is 9.62. The van der Waals surface area contributed by atoms with E-state index < -0.39 is 10.0 Å². The molecule has 3 heterocycles. The smallest absolute Gasteiger partial charge is 0.207 e. The minimum absolute atomic E-state index is 0.281. The summed E-state index contributed by atoms with van der Waals surface area (Å²) >= 11 is 1.53. The molecular weight excluding hydrogens is 334 g/mol. The Hall–Kier alpha value is -1.84. The second-order valence-electron chi connectivity index (χ2n) is 5.49. The highest BCUT2D eigenvalue weighted by Crippen LogP contribution is 2.32. The van der Waals surface area contributed by atoms with Crippen molar-refractivity contribution in [2.45, 2.75) is 23.7 Å². The lowest BCUT2D eigenvalue weighted by atomic mass is 9.99. The Labute approximate surface area is 137 Å². The van der Waals surface area contributed by atoms with Crippen LogP contribution in [-0.4, -0.2) is 45.6 Å². The van der Waals surface area contributed by atoms with E-state index >= 15 is 0 Å². The summed E-state index contributed by atoms with van der Waals surface area (Å²) in [6.07, 6.45) is 3.14. The van der Waals surface area contributed by atoms with E-state index in [-0.39, 0.29) is 5.92 Å². The van der Waals surface area contributed by atoms with Gasteiger partial charge >= 0.3 is 0 Å². The lowest BCUT2D eigenvalue weighted by Gasteiger charge is -2.30. The molecule has 7 nitrogen and oxygen atoms in total. The van der Waals surface area contributed by atoms with Gasteiger partial charge in [-0.2, -0.15) is 13.9 Å². The van der Waals surface area contributed by atoms with Crippen LogP contribution < -0.4 is 0 Å². The van der Waals surface area contributed by atoms with Gasteiger partial charge in [-0.3, -0.25) is 0 Å². The maximum atomic E-state index is 12.6. The summed E-state index contributed by atoms with van der Waals surface area (Å²) in [5.41, 5.74) is 0. The third-order valence-corrected chi connectivity index (χ3v) is 7.07. The third kappa shape index (κ3) is 2.64. The molecule has 0 bridgehead atoms. The number of sulfonamides is 1. The van der Waals surface area contributed by atoms with E-state index in [4.69, 9.17) is 0 Å². The van der Waals surface area contributed by atoms with Gasteiger partial charge in [0.2, 0.25) is 15.0 Å². The molecule has 3 aromatic rings. The Morgan fingerprint density at radius 2 is 1.87 bits per heavy atom. The number of benzene rings is 1. The van der Waals surface area contributed by atoms with Crippen molar-refractivity contribution in [1.82, 2.24) is 24.1 Å². The molecule has 0 N–H and O–H groups in total. The molecule has 1 saturated heterocycles. The number of fused-ring (bicyclic) bond motifs is 1. The summed E-state index contributed by atoms with van der Waals surface area (Å²) in [4.78, 5) is 1.14. The van der Waals surface area contributed by atoms with Crippen molar-refractivity contribution in [3.63, 3.8) is 0 Å². The fourth-order valence-corrected chi connectivity index (χ4v) is 5.30. The highest BCUT2D eigenvalue weighted by atomic mass is 32.2. The van der Waals surface area contributed by atoms with Crippen LogP contribution in [0.15, 0.2) is 41.6 Å². The largest absolute Gasteiger partial charge is 0.243 e. The van der Waals surface area contributed by atoms with Gasteiger partial charge in [0.05, 0.1) is 4.90 Å². The normalized spacial score (nSPS) is 17.7. The van der Waals surface area contributed by atoms with E-state index in [9.17, 15) is 8.42 Å². The van der Waals surface area contributed by atoms with Gasteiger partial charge in [0.25, 0.3) is 0 Å². The molecule has 1 aliphatic heterocycles. The fourth-order valence-electron chi connectivity index (χ4n) is 2.82. The van der Waals surface area contributed by atoms with E-state index in [1.165, 1.54) is 11.3 Å². The fraction of sp³-hybridized carbons (Fsp3) is 0.357. The lowest BCUT2D eigenvalue weighted by molar-refractivity contribution is 0.318. The van der Waals surface area contributed by atoms with Crippen LogP contribution in [0.2, 0.25) is 0 Å². The molecule has 0 spiro atoms. The number of aromatic nitrogens is 4. The predicted molar refractivity (Wildman–Crippen MR) is 85.8 cm³/mol. The molecule has 0 saturated carbocycles. The van der Waals surface area contributed by atoms with Gasteiger partial charge in [-0.15, -0.1) is 10.2 Å². The van der Waals surface area contributed by atoms with Crippen LogP contribution in [-0.2, 0) is 10.0 Å². The maximum Gasteiger partial charge on any atom is 0.243 e. The van der Waals surface area contributed by atoms with Crippen molar-refractivity contribution >= 4 is 26.3 Å². The second-order valence-corrected chi connectivity index (χ2v) is 8.42. The van der Waals surface area contributed by atoms with Crippen molar-refractivity contribution in [2.24, 2.45) is 0 Å². The highest BCUT2D eigenvalue weighted by molar-refractivity contribution is 7.89. The molecule has 0 amide bonds. The van der Waals surface area contributed by atoms with Gasteiger partial charge in [0, 0.05) is 19.0 Å². The topological polar surface area (TPSA) is 80.5 Å². The molecule has 23 heavy (non-hydrogen) atoms. The molecule has 0 aliphatic carbocycles. The standard InChI is InChI=1S/C14H15N5O2S2/c20-23(21,12-4-2-1-3-5-12)18-8-6-11(7-9-18)13-17-19-10-15-16-14(19)22-13/h1-5,10-11H,6-9H2. The minimum atomic E-state index is -3.39. The molecule has 9 heteroatoms. The average Bonchev–Trinajstić information content (AvgIpc) is 3.17. The Kier molecular flexibility index (Phi) is 3.63. The summed E-state index contributed by atoms with van der Waals surface area (Å²) in [5.74, 6) is 0.281. The third-order valence-electron chi connectivity index (χ3n) is 4.09. The number of hydrogen-bond acceptors (Lipinski definition) is 6. The average molecular weight is 349 g/mol. The summed E-state index contributed by atoms with van der Waals surface area (Å²) < 4.78 is 28.5. The Balaban J connectivity index is 1.49. The van der Waals surface area contributed by atoms with Gasteiger partial charge in [0.15, 0.2) is 0 Å². The zero-order valence-corrected chi connectivity index (χ0v) is 13.9. The number of rotatable bonds is 3. The first-order valence-electron chi connectivity index (χ1n) is 7.36. The van der Waals surface area contributed by atoms with E-state index in [1.54, 1.807) is 39.4 Å². The molecule has 1 aliphatic rings. The molecular formula is C14H15N5O2S2. The molecule has 0 radical (unpaired) electrons. The van der Waals surface area contributed by atoms with Crippen molar-refractivity contribution in [1.29, 1.82) is 0 Å². The Morgan fingerprint density at radius 3 is 2.57 bits per heavy atom. The summed E-state index contributed by atoms with van der Waals surface area (Å²) in [7, 11) is -3.39. The van der Waals surface area contributed by atoms with Crippen LogP contribution in [0, 0.1) is 0 Å². The van der Waals surface area contributed by atoms with E-state index in [0.717, 1.165) is 22.8 Å². The number of piperidine rings is 1. The van der Waals surface area contributed by atoms with E-state index in [0.29, 0.717) is 18.0 Å². The minimum Gasteiger partial charge on any atom is -0.207 e. The van der Waals surface area contributed by atoms with Crippen LogP contribution >= 0.6 is 11.3 Å². The van der Waals surface area contributed by atoms with Crippen LogP contribution in [0.3, 0.4) is 0 Å². The van der Waals surface area contributed by atoms with E-state index in [2.05, 4.69) is 15.3 Å². The molecule has 120 valence electrons. The summed E-state index contributed by atoms with van der Waals surface area (Å²) in [6, 6.07) is 8.60. The summed E-state index contributed by atoms with van der Waals surface area (Å²) in [6.45, 7) is 1.03. The van der Waals surface area contributed by atoms with E-state index in [1.807, 2.05) is 6.07 Å². The van der Waals surface area contributed by atoms with Gasteiger partial charge in [0.1, 0.15) is 11.3 Å².